The first-order valence-electron chi connectivity index (χ1n) is 5.74. The third-order valence-electron chi connectivity index (χ3n) is 2.52. The van der Waals surface area contributed by atoms with E-state index in [1.165, 1.54) is 0 Å². The fourth-order valence-corrected chi connectivity index (χ4v) is 1.64. The molecular formula is C13H13N2NaO3. The zero-order chi connectivity index (χ0) is 13.0. The Hall–Kier alpha value is -1.17. The van der Waals surface area contributed by atoms with Gasteiger partial charge >= 0.3 is 29.6 Å². The maximum absolute atomic E-state index is 10.3. The van der Waals surface area contributed by atoms with E-state index in [0.29, 0.717) is 24.6 Å². The van der Waals surface area contributed by atoms with E-state index in [-0.39, 0.29) is 36.0 Å². The molecular weight excluding hydrogens is 255 g/mol. The first kappa shape index (κ1) is 15.9. The second kappa shape index (κ2) is 7.43. The summed E-state index contributed by atoms with van der Waals surface area (Å²) in [6.45, 7) is 1.99. The van der Waals surface area contributed by atoms with Crippen molar-refractivity contribution in [2.45, 2.75) is 26.2 Å². The molecule has 1 heterocycles. The van der Waals surface area contributed by atoms with Gasteiger partial charge in [-0.15, -0.1) is 0 Å². The second-order valence-electron chi connectivity index (χ2n) is 4.11. The van der Waals surface area contributed by atoms with Crippen molar-refractivity contribution < 1.29 is 44.0 Å². The first-order chi connectivity index (χ1) is 8.65. The molecule has 0 bridgehead atoms. The van der Waals surface area contributed by atoms with Gasteiger partial charge in [-0.25, -0.2) is 0 Å². The van der Waals surface area contributed by atoms with Gasteiger partial charge < -0.3 is 14.4 Å². The van der Waals surface area contributed by atoms with Crippen LogP contribution < -0.4 is 34.7 Å². The maximum atomic E-state index is 10.3. The Kier molecular flexibility index (Phi) is 6.21. The average Bonchev–Trinajstić information content (AvgIpc) is 2.77. The van der Waals surface area contributed by atoms with E-state index < -0.39 is 5.97 Å². The number of carbonyl (C=O) groups is 1. The molecule has 0 saturated heterocycles. The predicted octanol–water partition coefficient (Wildman–Crippen LogP) is -1.88. The van der Waals surface area contributed by atoms with Crippen LogP contribution in [-0.4, -0.2) is 16.1 Å². The van der Waals surface area contributed by atoms with Crippen LogP contribution >= 0.6 is 0 Å². The summed E-state index contributed by atoms with van der Waals surface area (Å²) in [7, 11) is 0. The number of aliphatic carboxylic acids is 1. The van der Waals surface area contributed by atoms with Crippen molar-refractivity contribution in [3.05, 3.63) is 35.7 Å². The number of nitrogens with zero attached hydrogens (tertiary/aromatic N) is 2. The molecule has 6 heteroatoms. The van der Waals surface area contributed by atoms with Crippen LogP contribution in [0.25, 0.3) is 11.4 Å². The maximum Gasteiger partial charge on any atom is 1.00 e. The topological polar surface area (TPSA) is 79.0 Å². The fraction of sp³-hybridized carbons (Fsp3) is 0.308. The fourth-order valence-electron chi connectivity index (χ4n) is 1.64. The largest absolute Gasteiger partial charge is 1.00 e. The van der Waals surface area contributed by atoms with Crippen LogP contribution in [-0.2, 0) is 11.2 Å². The van der Waals surface area contributed by atoms with E-state index >= 15 is 0 Å². The first-order valence-corrected chi connectivity index (χ1v) is 5.74. The Morgan fingerprint density at radius 2 is 2.21 bits per heavy atom. The number of carboxylic acids is 1. The van der Waals surface area contributed by atoms with Gasteiger partial charge in [0.25, 0.3) is 0 Å². The van der Waals surface area contributed by atoms with Crippen molar-refractivity contribution in [3.8, 4) is 11.4 Å². The Labute approximate surface area is 133 Å². The standard InChI is InChI=1S/C13H14N2O3.Na/c1-9-4-2-5-10(8-9)13-14-11(18-15-13)6-3-7-12(16)17;/h2,4-5,8H,3,6-7H2,1H3,(H,16,17);/q;+1/p-1. The molecule has 0 unspecified atom stereocenters. The van der Waals surface area contributed by atoms with Crippen LogP contribution in [0.3, 0.4) is 0 Å². The summed E-state index contributed by atoms with van der Waals surface area (Å²) in [5, 5.41) is 14.2. The SMILES string of the molecule is Cc1cccc(-c2noc(CCCC(=O)[O-])n2)c1.[Na+]. The zero-order valence-electron chi connectivity index (χ0n) is 11.0. The van der Waals surface area contributed by atoms with Gasteiger partial charge in [0, 0.05) is 18.0 Å². The Morgan fingerprint density at radius 3 is 2.89 bits per heavy atom. The molecule has 0 N–H and O–H groups in total. The van der Waals surface area contributed by atoms with E-state index in [0.717, 1.165) is 11.1 Å². The molecule has 0 aliphatic carbocycles. The van der Waals surface area contributed by atoms with Gasteiger partial charge in [-0.3, -0.25) is 0 Å². The number of aryl methyl sites for hydroxylation is 2. The van der Waals surface area contributed by atoms with Crippen molar-refractivity contribution in [3.63, 3.8) is 0 Å². The average molecular weight is 268 g/mol. The molecule has 1 aromatic heterocycles. The van der Waals surface area contributed by atoms with E-state index in [1.807, 2.05) is 31.2 Å². The van der Waals surface area contributed by atoms with Gasteiger partial charge in [0.05, 0.1) is 0 Å². The van der Waals surface area contributed by atoms with Crippen molar-refractivity contribution in [1.82, 2.24) is 10.1 Å². The molecule has 0 fully saturated rings. The molecule has 19 heavy (non-hydrogen) atoms. The molecule has 2 aromatic rings. The zero-order valence-corrected chi connectivity index (χ0v) is 13.0. The molecule has 0 aliphatic rings. The van der Waals surface area contributed by atoms with Gasteiger partial charge in [-0.05, 0) is 25.8 Å². The van der Waals surface area contributed by atoms with Gasteiger partial charge in [0.15, 0.2) is 0 Å². The van der Waals surface area contributed by atoms with Crippen LogP contribution in [0, 0.1) is 6.92 Å². The number of hydrogen-bond donors (Lipinski definition) is 0. The van der Waals surface area contributed by atoms with Crippen molar-refractivity contribution in [2.24, 2.45) is 0 Å². The Balaban J connectivity index is 0.00000180. The van der Waals surface area contributed by atoms with Crippen LogP contribution in [0.4, 0.5) is 0 Å². The quantitative estimate of drug-likeness (QED) is 0.593. The van der Waals surface area contributed by atoms with Crippen LogP contribution in [0.15, 0.2) is 28.8 Å². The number of rotatable bonds is 5. The minimum atomic E-state index is -1.06. The van der Waals surface area contributed by atoms with E-state index in [9.17, 15) is 9.90 Å². The number of benzene rings is 1. The van der Waals surface area contributed by atoms with Crippen molar-refractivity contribution >= 4 is 5.97 Å². The Bertz CT molecular complexity index is 554. The van der Waals surface area contributed by atoms with Crippen molar-refractivity contribution in [2.75, 3.05) is 0 Å². The number of hydrogen-bond acceptors (Lipinski definition) is 5. The van der Waals surface area contributed by atoms with Crippen LogP contribution in [0.2, 0.25) is 0 Å². The summed E-state index contributed by atoms with van der Waals surface area (Å²) in [4.78, 5) is 14.5. The van der Waals surface area contributed by atoms with Gasteiger partial charge in [-0.2, -0.15) is 4.98 Å². The third kappa shape index (κ3) is 4.78. The molecule has 0 radical (unpaired) electrons. The molecule has 94 valence electrons. The Morgan fingerprint density at radius 1 is 1.42 bits per heavy atom. The summed E-state index contributed by atoms with van der Waals surface area (Å²) >= 11 is 0. The van der Waals surface area contributed by atoms with Crippen LogP contribution in [0.5, 0.6) is 0 Å². The summed E-state index contributed by atoms with van der Waals surface area (Å²) in [5.74, 6) is -0.0803. The number of carbonyl (C=O) groups excluding carboxylic acids is 1. The normalized spacial score (nSPS) is 9.95. The molecule has 0 atom stereocenters. The smallest absolute Gasteiger partial charge is 0.550 e. The summed E-state index contributed by atoms with van der Waals surface area (Å²) in [6, 6.07) is 7.79. The molecule has 2 rings (SSSR count). The van der Waals surface area contributed by atoms with E-state index in [1.54, 1.807) is 0 Å². The number of carboxylic acid groups (broad SMARTS) is 1. The van der Waals surface area contributed by atoms with Gasteiger partial charge in [0.2, 0.25) is 11.7 Å². The van der Waals surface area contributed by atoms with Gasteiger partial charge in [0.1, 0.15) is 0 Å². The second-order valence-corrected chi connectivity index (χ2v) is 4.11. The summed E-state index contributed by atoms with van der Waals surface area (Å²) in [6.07, 6.45) is 0.896. The number of aromatic nitrogens is 2. The molecule has 0 spiro atoms. The van der Waals surface area contributed by atoms with E-state index in [2.05, 4.69) is 10.1 Å². The molecule has 1 aromatic carbocycles. The monoisotopic (exact) mass is 268 g/mol. The third-order valence-corrected chi connectivity index (χ3v) is 2.52. The van der Waals surface area contributed by atoms with Crippen LogP contribution in [0.1, 0.15) is 24.3 Å². The molecule has 0 aliphatic heterocycles. The summed E-state index contributed by atoms with van der Waals surface area (Å²) in [5.41, 5.74) is 2.01. The van der Waals surface area contributed by atoms with Crippen molar-refractivity contribution in [1.29, 1.82) is 0 Å². The minimum absolute atomic E-state index is 0. The molecule has 0 saturated carbocycles. The molecule has 5 nitrogen and oxygen atoms in total. The minimum Gasteiger partial charge on any atom is -0.550 e. The predicted molar refractivity (Wildman–Crippen MR) is 62.4 cm³/mol. The van der Waals surface area contributed by atoms with E-state index in [4.69, 9.17) is 4.52 Å². The summed E-state index contributed by atoms with van der Waals surface area (Å²) < 4.78 is 5.07. The van der Waals surface area contributed by atoms with Gasteiger partial charge in [-0.1, -0.05) is 28.9 Å². The molecule has 0 amide bonds.